The number of ketones is 1. The lowest BCUT2D eigenvalue weighted by Crippen LogP contribution is -2.35. The van der Waals surface area contributed by atoms with Gasteiger partial charge in [-0.2, -0.15) is 0 Å². The maximum Gasteiger partial charge on any atom is 0.344 e. The van der Waals surface area contributed by atoms with Crippen molar-refractivity contribution in [3.05, 3.63) is 57.1 Å². The number of aromatic hydroxyl groups is 1. The van der Waals surface area contributed by atoms with E-state index in [1.165, 1.54) is 24.3 Å². The van der Waals surface area contributed by atoms with E-state index in [4.69, 9.17) is 37.4 Å². The molecule has 9 heteroatoms. The Morgan fingerprint density at radius 3 is 2.58 bits per heavy atom. The monoisotopic (exact) mass is 467 g/mol. The summed E-state index contributed by atoms with van der Waals surface area (Å²) < 4.78 is 15.5. The van der Waals surface area contributed by atoms with Gasteiger partial charge in [-0.15, -0.1) is 0 Å². The second kappa shape index (κ2) is 10.8. The Labute approximate surface area is 190 Å². The molecular weight excluding hydrogens is 445 g/mol. The van der Waals surface area contributed by atoms with Gasteiger partial charge >= 0.3 is 5.97 Å². The molecule has 0 bridgehead atoms. The second-order valence-electron chi connectivity index (χ2n) is 6.89. The molecule has 1 saturated heterocycles. The van der Waals surface area contributed by atoms with Crippen LogP contribution < -0.4 is 4.74 Å². The van der Waals surface area contributed by atoms with Crippen LogP contribution >= 0.6 is 23.2 Å². The smallest absolute Gasteiger partial charge is 0.344 e. The molecule has 1 aliphatic rings. The van der Waals surface area contributed by atoms with E-state index in [0.29, 0.717) is 30.9 Å². The predicted octanol–water partition coefficient (Wildman–Crippen LogP) is 3.70. The Bertz CT molecular complexity index is 959. The van der Waals surface area contributed by atoms with Crippen molar-refractivity contribution >= 4 is 35.0 Å². The minimum Gasteiger partial charge on any atom is -0.508 e. The van der Waals surface area contributed by atoms with Crippen molar-refractivity contribution in [3.8, 4) is 11.5 Å². The maximum absolute atomic E-state index is 13.1. The number of nitrogens with zero attached hydrogens (tertiary/aromatic N) is 1. The summed E-state index contributed by atoms with van der Waals surface area (Å²) in [5, 5.41) is 10.3. The summed E-state index contributed by atoms with van der Waals surface area (Å²) in [6.07, 6.45) is 0. The summed E-state index contributed by atoms with van der Waals surface area (Å²) in [5.74, 6) is -0.580. The first-order valence-electron chi connectivity index (χ1n) is 9.83. The summed E-state index contributed by atoms with van der Waals surface area (Å²) in [6.45, 7) is 4.91. The zero-order valence-corrected chi connectivity index (χ0v) is 18.5. The highest BCUT2D eigenvalue weighted by molar-refractivity contribution is 6.45. The molecule has 0 atom stereocenters. The number of ether oxygens (including phenoxy) is 3. The van der Waals surface area contributed by atoms with Crippen molar-refractivity contribution in [2.45, 2.75) is 13.5 Å². The number of phenols is 1. The molecule has 0 aromatic heterocycles. The van der Waals surface area contributed by atoms with Crippen LogP contribution in [0.1, 0.15) is 28.4 Å². The largest absolute Gasteiger partial charge is 0.508 e. The number of hydrogen-bond acceptors (Lipinski definition) is 7. The molecule has 1 N–H and O–H groups in total. The third-order valence-corrected chi connectivity index (χ3v) is 5.65. The van der Waals surface area contributed by atoms with E-state index in [1.807, 2.05) is 0 Å². The Hall–Kier alpha value is -2.32. The van der Waals surface area contributed by atoms with Crippen LogP contribution in [0, 0.1) is 0 Å². The molecule has 0 radical (unpaired) electrons. The molecule has 0 aliphatic carbocycles. The highest BCUT2D eigenvalue weighted by atomic mass is 35.5. The highest BCUT2D eigenvalue weighted by Crippen LogP contribution is 2.36. The minimum absolute atomic E-state index is 0.0239. The van der Waals surface area contributed by atoms with Gasteiger partial charge in [0.05, 0.1) is 24.8 Å². The van der Waals surface area contributed by atoms with Crippen LogP contribution in [0.15, 0.2) is 30.3 Å². The molecule has 7 nitrogen and oxygen atoms in total. The van der Waals surface area contributed by atoms with Gasteiger partial charge in [0.25, 0.3) is 0 Å². The first-order chi connectivity index (χ1) is 14.9. The summed E-state index contributed by atoms with van der Waals surface area (Å²) in [5.41, 5.74) is 1.21. The summed E-state index contributed by atoms with van der Waals surface area (Å²) in [7, 11) is 0. The normalized spacial score (nSPS) is 14.3. The van der Waals surface area contributed by atoms with Crippen LogP contribution in [-0.4, -0.2) is 61.3 Å². The number of rotatable bonds is 8. The van der Waals surface area contributed by atoms with Crippen molar-refractivity contribution in [1.82, 2.24) is 4.90 Å². The zero-order valence-electron chi connectivity index (χ0n) is 17.0. The van der Waals surface area contributed by atoms with Crippen LogP contribution in [-0.2, 0) is 20.8 Å². The van der Waals surface area contributed by atoms with Gasteiger partial charge < -0.3 is 19.3 Å². The molecule has 3 rings (SSSR count). The standard InChI is InChI=1S/C22H23Cl2NO6/c1-2-30-19(27)13-31-18-6-4-16(20(23)21(18)24)22(28)14-3-5-17(26)15(11-14)12-25-7-9-29-10-8-25/h3-6,11,26H,2,7-10,12-13H2,1H3. The van der Waals surface area contributed by atoms with Crippen molar-refractivity contribution < 1.29 is 28.9 Å². The van der Waals surface area contributed by atoms with E-state index < -0.39 is 5.97 Å². The highest BCUT2D eigenvalue weighted by Gasteiger charge is 2.20. The van der Waals surface area contributed by atoms with Crippen LogP contribution in [0.5, 0.6) is 11.5 Å². The number of esters is 1. The zero-order chi connectivity index (χ0) is 22.4. The number of halogens is 2. The third-order valence-electron chi connectivity index (χ3n) is 4.78. The molecule has 1 heterocycles. The molecule has 0 spiro atoms. The fourth-order valence-electron chi connectivity index (χ4n) is 3.17. The number of morpholine rings is 1. The van der Waals surface area contributed by atoms with Crippen LogP contribution in [0.2, 0.25) is 10.0 Å². The molecule has 31 heavy (non-hydrogen) atoms. The van der Waals surface area contributed by atoms with Crippen molar-refractivity contribution in [3.63, 3.8) is 0 Å². The number of benzene rings is 2. The van der Waals surface area contributed by atoms with Gasteiger partial charge in [-0.05, 0) is 37.3 Å². The lowest BCUT2D eigenvalue weighted by atomic mass is 10.00. The molecule has 0 amide bonds. The van der Waals surface area contributed by atoms with Crippen LogP contribution in [0.3, 0.4) is 0 Å². The number of hydrogen-bond donors (Lipinski definition) is 1. The number of carbonyl (C=O) groups is 2. The van der Waals surface area contributed by atoms with Crippen molar-refractivity contribution in [2.24, 2.45) is 0 Å². The summed E-state index contributed by atoms with van der Waals surface area (Å²) in [6, 6.07) is 7.66. The SMILES string of the molecule is CCOC(=O)COc1ccc(C(=O)c2ccc(O)c(CN3CCOCC3)c2)c(Cl)c1Cl. The van der Waals surface area contributed by atoms with E-state index in [1.54, 1.807) is 13.0 Å². The molecule has 166 valence electrons. The maximum atomic E-state index is 13.1. The molecule has 1 aliphatic heterocycles. The van der Waals surface area contributed by atoms with Crippen LogP contribution in [0.25, 0.3) is 0 Å². The van der Waals surface area contributed by atoms with Gasteiger partial charge in [-0.3, -0.25) is 9.69 Å². The fourth-order valence-corrected chi connectivity index (χ4v) is 3.63. The lowest BCUT2D eigenvalue weighted by molar-refractivity contribution is -0.145. The quantitative estimate of drug-likeness (QED) is 0.467. The van der Waals surface area contributed by atoms with Gasteiger partial charge in [-0.1, -0.05) is 23.2 Å². The topological polar surface area (TPSA) is 85.3 Å². The van der Waals surface area contributed by atoms with Gasteiger partial charge in [-0.25, -0.2) is 4.79 Å². The van der Waals surface area contributed by atoms with Gasteiger partial charge in [0.2, 0.25) is 0 Å². The minimum atomic E-state index is -0.535. The average Bonchev–Trinajstić information content (AvgIpc) is 2.77. The molecule has 2 aromatic rings. The van der Waals surface area contributed by atoms with Crippen LogP contribution in [0.4, 0.5) is 0 Å². The van der Waals surface area contributed by atoms with Gasteiger partial charge in [0, 0.05) is 36.3 Å². The third kappa shape index (κ3) is 5.89. The Morgan fingerprint density at radius 2 is 1.87 bits per heavy atom. The number of phenolic OH excluding ortho intramolecular Hbond substituents is 1. The fraction of sp³-hybridized carbons (Fsp3) is 0.364. The molecular formula is C22H23Cl2NO6. The lowest BCUT2D eigenvalue weighted by Gasteiger charge is -2.27. The second-order valence-corrected chi connectivity index (χ2v) is 7.65. The summed E-state index contributed by atoms with van der Waals surface area (Å²) in [4.78, 5) is 26.7. The molecule has 2 aromatic carbocycles. The average molecular weight is 468 g/mol. The van der Waals surface area contributed by atoms with E-state index in [2.05, 4.69) is 4.90 Å². The first-order valence-corrected chi connectivity index (χ1v) is 10.6. The Morgan fingerprint density at radius 1 is 1.13 bits per heavy atom. The van der Waals surface area contributed by atoms with E-state index in [0.717, 1.165) is 13.1 Å². The Balaban J connectivity index is 1.78. The molecule has 1 fully saturated rings. The first kappa shape index (κ1) is 23.3. The van der Waals surface area contributed by atoms with E-state index >= 15 is 0 Å². The summed E-state index contributed by atoms with van der Waals surface area (Å²) >= 11 is 12.6. The Kier molecular flexibility index (Phi) is 8.15. The predicted molar refractivity (Wildman–Crippen MR) is 116 cm³/mol. The van der Waals surface area contributed by atoms with Crippen molar-refractivity contribution in [2.75, 3.05) is 39.5 Å². The van der Waals surface area contributed by atoms with Crippen molar-refractivity contribution in [1.29, 1.82) is 0 Å². The number of carbonyl (C=O) groups excluding carboxylic acids is 2. The molecule has 0 unspecified atom stereocenters. The van der Waals surface area contributed by atoms with Gasteiger partial charge in [0.15, 0.2) is 12.4 Å². The van der Waals surface area contributed by atoms with Gasteiger partial charge in [0.1, 0.15) is 16.5 Å². The van der Waals surface area contributed by atoms with E-state index in [9.17, 15) is 14.7 Å². The van der Waals surface area contributed by atoms with E-state index in [-0.39, 0.29) is 46.1 Å². The molecule has 0 saturated carbocycles.